The maximum Gasteiger partial charge on any atom is 0.168 e. The zero-order chi connectivity index (χ0) is 12.3. The molecule has 1 heterocycles. The molecule has 4 heteroatoms. The number of carbonyl (C=O) groups is 1. The molecule has 0 aliphatic rings. The SMILES string of the molecule is Nc1ccc(Cl)c(CC(=O)c2cccnc2)c1. The van der Waals surface area contributed by atoms with Crippen molar-refractivity contribution in [2.24, 2.45) is 0 Å². The van der Waals surface area contributed by atoms with Crippen molar-refractivity contribution in [1.82, 2.24) is 4.98 Å². The van der Waals surface area contributed by atoms with Crippen molar-refractivity contribution in [1.29, 1.82) is 0 Å². The van der Waals surface area contributed by atoms with Crippen LogP contribution >= 0.6 is 11.6 Å². The molecule has 0 fully saturated rings. The van der Waals surface area contributed by atoms with E-state index < -0.39 is 0 Å². The molecule has 0 bridgehead atoms. The Morgan fingerprint density at radius 1 is 1.35 bits per heavy atom. The molecule has 2 rings (SSSR count). The zero-order valence-corrected chi connectivity index (χ0v) is 9.82. The quantitative estimate of drug-likeness (QED) is 0.669. The van der Waals surface area contributed by atoms with E-state index in [-0.39, 0.29) is 12.2 Å². The van der Waals surface area contributed by atoms with E-state index in [0.717, 1.165) is 5.56 Å². The molecule has 1 aromatic heterocycles. The molecule has 0 spiro atoms. The van der Waals surface area contributed by atoms with Gasteiger partial charge in [0.15, 0.2) is 5.78 Å². The summed E-state index contributed by atoms with van der Waals surface area (Å²) in [4.78, 5) is 15.8. The van der Waals surface area contributed by atoms with Gasteiger partial charge in [0.2, 0.25) is 0 Å². The number of benzene rings is 1. The highest BCUT2D eigenvalue weighted by Gasteiger charge is 2.09. The van der Waals surface area contributed by atoms with Crippen LogP contribution in [0, 0.1) is 0 Å². The van der Waals surface area contributed by atoms with Crippen LogP contribution in [0.2, 0.25) is 5.02 Å². The summed E-state index contributed by atoms with van der Waals surface area (Å²) < 4.78 is 0. The van der Waals surface area contributed by atoms with E-state index in [9.17, 15) is 4.79 Å². The molecule has 0 saturated heterocycles. The Kier molecular flexibility index (Phi) is 3.40. The maximum absolute atomic E-state index is 11.9. The predicted molar refractivity (Wildman–Crippen MR) is 68.1 cm³/mol. The fraction of sp³-hybridized carbons (Fsp3) is 0.0769. The molecule has 2 aromatic rings. The number of pyridine rings is 1. The Hall–Kier alpha value is -1.87. The molecule has 86 valence electrons. The van der Waals surface area contributed by atoms with Crippen molar-refractivity contribution < 1.29 is 4.79 Å². The van der Waals surface area contributed by atoms with Gasteiger partial charge >= 0.3 is 0 Å². The summed E-state index contributed by atoms with van der Waals surface area (Å²) in [6.45, 7) is 0. The third-order valence-corrected chi connectivity index (χ3v) is 2.77. The second-order valence-corrected chi connectivity index (χ2v) is 4.10. The van der Waals surface area contributed by atoms with Crippen LogP contribution in [-0.2, 0) is 6.42 Å². The number of nitrogen functional groups attached to an aromatic ring is 1. The maximum atomic E-state index is 11.9. The minimum Gasteiger partial charge on any atom is -0.399 e. The minimum atomic E-state index is -0.0226. The van der Waals surface area contributed by atoms with Crippen LogP contribution in [0.15, 0.2) is 42.7 Å². The average Bonchev–Trinajstić information content (AvgIpc) is 2.35. The summed E-state index contributed by atoms with van der Waals surface area (Å²) >= 11 is 6.00. The van der Waals surface area contributed by atoms with Crippen LogP contribution in [0.3, 0.4) is 0 Å². The summed E-state index contributed by atoms with van der Waals surface area (Å²) in [6.07, 6.45) is 3.41. The predicted octanol–water partition coefficient (Wildman–Crippen LogP) is 2.74. The van der Waals surface area contributed by atoms with Gasteiger partial charge in [-0.25, -0.2) is 0 Å². The van der Waals surface area contributed by atoms with Gasteiger partial charge in [0.05, 0.1) is 0 Å². The number of hydrogen-bond donors (Lipinski definition) is 1. The van der Waals surface area contributed by atoms with E-state index in [1.54, 1.807) is 42.7 Å². The number of aromatic nitrogens is 1. The highest BCUT2D eigenvalue weighted by Crippen LogP contribution is 2.20. The van der Waals surface area contributed by atoms with Gasteiger partial charge in [-0.3, -0.25) is 9.78 Å². The second-order valence-electron chi connectivity index (χ2n) is 3.69. The van der Waals surface area contributed by atoms with Crippen LogP contribution in [-0.4, -0.2) is 10.8 Å². The largest absolute Gasteiger partial charge is 0.399 e. The molecule has 0 aliphatic heterocycles. The number of halogens is 1. The van der Waals surface area contributed by atoms with Gasteiger partial charge < -0.3 is 5.73 Å². The lowest BCUT2D eigenvalue weighted by Gasteiger charge is -2.04. The normalized spacial score (nSPS) is 10.2. The van der Waals surface area contributed by atoms with Crippen molar-refractivity contribution in [3.63, 3.8) is 0 Å². The van der Waals surface area contributed by atoms with Crippen molar-refractivity contribution in [3.05, 3.63) is 58.9 Å². The van der Waals surface area contributed by atoms with E-state index >= 15 is 0 Å². The molecule has 0 saturated carbocycles. The molecule has 0 amide bonds. The summed E-state index contributed by atoms with van der Waals surface area (Å²) in [5.74, 6) is -0.0226. The fourth-order valence-electron chi connectivity index (χ4n) is 1.53. The van der Waals surface area contributed by atoms with E-state index in [1.807, 2.05) is 0 Å². The molecule has 1 aromatic carbocycles. The lowest BCUT2D eigenvalue weighted by molar-refractivity contribution is 0.0992. The van der Waals surface area contributed by atoms with Crippen molar-refractivity contribution in [2.45, 2.75) is 6.42 Å². The molecular weight excluding hydrogens is 236 g/mol. The average molecular weight is 247 g/mol. The number of rotatable bonds is 3. The third kappa shape index (κ3) is 2.82. The van der Waals surface area contributed by atoms with Crippen LogP contribution in [0.25, 0.3) is 0 Å². The number of nitrogens with two attached hydrogens (primary N) is 1. The smallest absolute Gasteiger partial charge is 0.168 e. The molecule has 0 unspecified atom stereocenters. The molecule has 3 nitrogen and oxygen atoms in total. The number of nitrogens with zero attached hydrogens (tertiary/aromatic N) is 1. The van der Waals surface area contributed by atoms with Crippen LogP contribution in [0.1, 0.15) is 15.9 Å². The topological polar surface area (TPSA) is 56.0 Å². The number of carbonyl (C=O) groups excluding carboxylic acids is 1. The highest BCUT2D eigenvalue weighted by molar-refractivity contribution is 6.31. The van der Waals surface area contributed by atoms with Gasteiger partial charge in [-0.05, 0) is 35.9 Å². The van der Waals surface area contributed by atoms with Gasteiger partial charge in [0.1, 0.15) is 0 Å². The fourth-order valence-corrected chi connectivity index (χ4v) is 1.72. The summed E-state index contributed by atoms with van der Waals surface area (Å²) in [6, 6.07) is 8.59. The number of hydrogen-bond acceptors (Lipinski definition) is 3. The first kappa shape index (κ1) is 11.6. The Morgan fingerprint density at radius 3 is 2.88 bits per heavy atom. The Labute approximate surface area is 104 Å². The Morgan fingerprint density at radius 2 is 2.18 bits per heavy atom. The minimum absolute atomic E-state index is 0.0226. The number of Topliss-reactive ketones (excluding diaryl/α,β-unsaturated/α-hetero) is 1. The van der Waals surface area contributed by atoms with Gasteiger partial charge in [0, 0.05) is 35.1 Å². The number of anilines is 1. The van der Waals surface area contributed by atoms with Gasteiger partial charge in [0.25, 0.3) is 0 Å². The molecular formula is C13H11ClN2O. The summed E-state index contributed by atoms with van der Waals surface area (Å²) in [7, 11) is 0. The van der Waals surface area contributed by atoms with Crippen LogP contribution in [0.5, 0.6) is 0 Å². The molecule has 17 heavy (non-hydrogen) atoms. The van der Waals surface area contributed by atoms with Crippen molar-refractivity contribution in [3.8, 4) is 0 Å². The Bertz CT molecular complexity index is 540. The second kappa shape index (κ2) is 4.97. The van der Waals surface area contributed by atoms with E-state index in [4.69, 9.17) is 17.3 Å². The molecule has 2 N–H and O–H groups in total. The number of ketones is 1. The third-order valence-electron chi connectivity index (χ3n) is 2.40. The van der Waals surface area contributed by atoms with Crippen molar-refractivity contribution >= 4 is 23.1 Å². The van der Waals surface area contributed by atoms with Crippen LogP contribution < -0.4 is 5.73 Å². The first-order valence-electron chi connectivity index (χ1n) is 5.14. The summed E-state index contributed by atoms with van der Waals surface area (Å²) in [5.41, 5.74) is 7.57. The van der Waals surface area contributed by atoms with E-state index in [2.05, 4.69) is 4.98 Å². The molecule has 0 atom stereocenters. The van der Waals surface area contributed by atoms with Gasteiger partial charge in [-0.1, -0.05) is 11.6 Å². The van der Waals surface area contributed by atoms with Gasteiger partial charge in [-0.2, -0.15) is 0 Å². The lowest BCUT2D eigenvalue weighted by atomic mass is 10.0. The summed E-state index contributed by atoms with van der Waals surface area (Å²) in [5, 5.41) is 0.552. The molecule has 0 radical (unpaired) electrons. The first-order chi connectivity index (χ1) is 8.16. The van der Waals surface area contributed by atoms with E-state index in [1.165, 1.54) is 0 Å². The monoisotopic (exact) mass is 246 g/mol. The standard InChI is InChI=1S/C13H11ClN2O/c14-12-4-3-11(15)6-10(12)7-13(17)9-2-1-5-16-8-9/h1-6,8H,7,15H2. The molecule has 0 aliphatic carbocycles. The van der Waals surface area contributed by atoms with Gasteiger partial charge in [-0.15, -0.1) is 0 Å². The lowest BCUT2D eigenvalue weighted by Crippen LogP contribution is -2.04. The zero-order valence-electron chi connectivity index (χ0n) is 9.06. The highest BCUT2D eigenvalue weighted by atomic mass is 35.5. The van der Waals surface area contributed by atoms with Crippen molar-refractivity contribution in [2.75, 3.05) is 5.73 Å². The Balaban J connectivity index is 2.22. The van der Waals surface area contributed by atoms with Crippen LogP contribution in [0.4, 0.5) is 5.69 Å². The van der Waals surface area contributed by atoms with E-state index in [0.29, 0.717) is 16.3 Å². The first-order valence-corrected chi connectivity index (χ1v) is 5.52.